The van der Waals surface area contributed by atoms with Gasteiger partial charge in [0.15, 0.2) is 0 Å². The number of carbonyl (C=O) groups excluding carboxylic acids is 1. The van der Waals surface area contributed by atoms with Crippen LogP contribution in [0.25, 0.3) is 0 Å². The summed E-state index contributed by atoms with van der Waals surface area (Å²) < 4.78 is 13.1. The molecule has 1 aromatic carbocycles. The molecule has 18 heavy (non-hydrogen) atoms. The van der Waals surface area contributed by atoms with Gasteiger partial charge in [0, 0.05) is 24.7 Å². The minimum Gasteiger partial charge on any atom is -0.326 e. The van der Waals surface area contributed by atoms with Gasteiger partial charge in [-0.05, 0) is 18.2 Å². The first-order chi connectivity index (χ1) is 8.52. The normalized spacial score (nSPS) is 10.2. The van der Waals surface area contributed by atoms with Crippen LogP contribution in [0.5, 0.6) is 0 Å². The molecule has 1 aromatic rings. The fourth-order valence-electron chi connectivity index (χ4n) is 1.39. The van der Waals surface area contributed by atoms with Gasteiger partial charge in [0.25, 0.3) is 0 Å². The zero-order valence-corrected chi connectivity index (χ0v) is 10.5. The molecule has 0 aliphatic rings. The summed E-state index contributed by atoms with van der Waals surface area (Å²) in [5.41, 5.74) is 0.357. The highest BCUT2D eigenvalue weighted by Crippen LogP contribution is 2.13. The lowest BCUT2D eigenvalue weighted by Gasteiger charge is -2.08. The van der Waals surface area contributed by atoms with Gasteiger partial charge < -0.3 is 10.6 Å². The van der Waals surface area contributed by atoms with Crippen LogP contribution in [0.15, 0.2) is 18.2 Å². The Morgan fingerprint density at radius 3 is 2.83 bits per heavy atom. The number of benzene rings is 1. The fourth-order valence-corrected chi connectivity index (χ4v) is 1.39. The Kier molecular flexibility index (Phi) is 5.28. The Bertz CT molecular complexity index is 466. The van der Waals surface area contributed by atoms with Crippen molar-refractivity contribution in [3.05, 3.63) is 29.6 Å². The van der Waals surface area contributed by atoms with Crippen molar-refractivity contribution in [1.29, 1.82) is 5.26 Å². The van der Waals surface area contributed by atoms with Crippen LogP contribution in [0.1, 0.15) is 25.8 Å². The van der Waals surface area contributed by atoms with Gasteiger partial charge in [-0.25, -0.2) is 4.39 Å². The number of hydrogen-bond donors (Lipinski definition) is 2. The fraction of sp³-hybridized carbons (Fsp3) is 0.385. The average Bonchev–Trinajstić information content (AvgIpc) is 2.31. The van der Waals surface area contributed by atoms with Gasteiger partial charge in [-0.1, -0.05) is 13.8 Å². The van der Waals surface area contributed by atoms with E-state index in [9.17, 15) is 9.18 Å². The van der Waals surface area contributed by atoms with Gasteiger partial charge in [0.05, 0.1) is 5.56 Å². The Labute approximate surface area is 106 Å². The summed E-state index contributed by atoms with van der Waals surface area (Å²) in [5, 5.41) is 14.4. The zero-order chi connectivity index (χ0) is 13.5. The molecule has 0 saturated carbocycles. The van der Waals surface area contributed by atoms with Crippen LogP contribution in [-0.4, -0.2) is 18.5 Å². The lowest BCUT2D eigenvalue weighted by Crippen LogP contribution is -2.27. The maximum Gasteiger partial charge on any atom is 0.225 e. The number of hydrogen-bond acceptors (Lipinski definition) is 3. The largest absolute Gasteiger partial charge is 0.326 e. The van der Waals surface area contributed by atoms with E-state index in [0.29, 0.717) is 24.7 Å². The van der Waals surface area contributed by atoms with Gasteiger partial charge in [-0.15, -0.1) is 0 Å². The maximum atomic E-state index is 13.1. The number of anilines is 1. The second-order valence-corrected chi connectivity index (χ2v) is 4.21. The van der Waals surface area contributed by atoms with Crippen molar-refractivity contribution in [3.63, 3.8) is 0 Å². The van der Waals surface area contributed by atoms with Crippen molar-refractivity contribution in [1.82, 2.24) is 5.32 Å². The van der Waals surface area contributed by atoms with Gasteiger partial charge in [-0.3, -0.25) is 4.79 Å². The highest BCUT2D eigenvalue weighted by molar-refractivity contribution is 5.90. The molecule has 1 rings (SSSR count). The van der Waals surface area contributed by atoms with Crippen molar-refractivity contribution in [2.75, 3.05) is 11.9 Å². The molecular formula is C13H16FN3O. The lowest BCUT2D eigenvalue weighted by molar-refractivity contribution is -0.116. The number of amides is 1. The van der Waals surface area contributed by atoms with Crippen LogP contribution in [0.3, 0.4) is 0 Å². The Morgan fingerprint density at radius 2 is 2.22 bits per heavy atom. The van der Waals surface area contributed by atoms with Crippen molar-refractivity contribution in [2.24, 2.45) is 0 Å². The molecule has 0 radical (unpaired) electrons. The SMILES string of the molecule is CC(C)NCCC(=O)Nc1ccc(F)c(C#N)c1. The molecule has 0 aliphatic heterocycles. The number of nitriles is 1. The first kappa shape index (κ1) is 14.1. The number of carbonyl (C=O) groups is 1. The topological polar surface area (TPSA) is 64.9 Å². The molecule has 96 valence electrons. The highest BCUT2D eigenvalue weighted by Gasteiger charge is 2.06. The van der Waals surface area contributed by atoms with Gasteiger partial charge in [0.1, 0.15) is 11.9 Å². The number of nitrogens with one attached hydrogen (secondary N) is 2. The van der Waals surface area contributed by atoms with E-state index in [-0.39, 0.29) is 11.5 Å². The summed E-state index contributed by atoms with van der Waals surface area (Å²) in [5.74, 6) is -0.754. The first-order valence-corrected chi connectivity index (χ1v) is 5.76. The van der Waals surface area contributed by atoms with E-state index in [1.807, 2.05) is 13.8 Å². The molecule has 0 aromatic heterocycles. The van der Waals surface area contributed by atoms with Crippen molar-refractivity contribution in [2.45, 2.75) is 26.3 Å². The Morgan fingerprint density at radius 1 is 1.50 bits per heavy atom. The van der Waals surface area contributed by atoms with Crippen LogP contribution in [0.2, 0.25) is 0 Å². The van der Waals surface area contributed by atoms with Gasteiger partial charge in [0.2, 0.25) is 5.91 Å². The summed E-state index contributed by atoms with van der Waals surface area (Å²) in [4.78, 5) is 11.6. The number of rotatable bonds is 5. The summed E-state index contributed by atoms with van der Waals surface area (Å²) >= 11 is 0. The monoisotopic (exact) mass is 249 g/mol. The van der Waals surface area contributed by atoms with E-state index in [0.717, 1.165) is 0 Å². The minimum atomic E-state index is -0.586. The van der Waals surface area contributed by atoms with Gasteiger partial charge >= 0.3 is 0 Å². The smallest absolute Gasteiger partial charge is 0.225 e. The zero-order valence-electron chi connectivity index (χ0n) is 10.5. The van der Waals surface area contributed by atoms with E-state index in [1.165, 1.54) is 18.2 Å². The predicted octanol–water partition coefficient (Wildman–Crippen LogP) is 2.02. The number of nitrogens with zero attached hydrogens (tertiary/aromatic N) is 1. The summed E-state index contributed by atoms with van der Waals surface area (Å²) in [6, 6.07) is 5.98. The van der Waals surface area contributed by atoms with Crippen LogP contribution < -0.4 is 10.6 Å². The second kappa shape index (κ2) is 6.72. The molecule has 0 unspecified atom stereocenters. The van der Waals surface area contributed by atoms with E-state index in [1.54, 1.807) is 6.07 Å². The third-order valence-corrected chi connectivity index (χ3v) is 2.28. The van der Waals surface area contributed by atoms with E-state index < -0.39 is 5.82 Å². The second-order valence-electron chi connectivity index (χ2n) is 4.21. The highest BCUT2D eigenvalue weighted by atomic mass is 19.1. The van der Waals surface area contributed by atoms with Gasteiger partial charge in [-0.2, -0.15) is 5.26 Å². The molecule has 0 atom stereocenters. The number of halogens is 1. The standard InChI is InChI=1S/C13H16FN3O/c1-9(2)16-6-5-13(18)17-11-3-4-12(14)10(7-11)8-15/h3-4,7,9,16H,5-6H2,1-2H3,(H,17,18). The Balaban J connectivity index is 2.52. The lowest BCUT2D eigenvalue weighted by atomic mass is 10.2. The molecule has 1 amide bonds. The van der Waals surface area contributed by atoms with Crippen LogP contribution in [0.4, 0.5) is 10.1 Å². The van der Waals surface area contributed by atoms with Crippen LogP contribution >= 0.6 is 0 Å². The molecule has 0 saturated heterocycles. The molecule has 0 spiro atoms. The third kappa shape index (κ3) is 4.52. The van der Waals surface area contributed by atoms with Crippen LogP contribution in [0, 0.1) is 17.1 Å². The summed E-state index contributed by atoms with van der Waals surface area (Å²) in [6.07, 6.45) is 0.331. The quantitative estimate of drug-likeness (QED) is 0.839. The summed E-state index contributed by atoms with van der Waals surface area (Å²) in [6.45, 7) is 4.57. The minimum absolute atomic E-state index is 0.0758. The van der Waals surface area contributed by atoms with Crippen molar-refractivity contribution < 1.29 is 9.18 Å². The molecule has 0 heterocycles. The first-order valence-electron chi connectivity index (χ1n) is 5.76. The maximum absolute atomic E-state index is 13.1. The third-order valence-electron chi connectivity index (χ3n) is 2.28. The molecule has 5 heteroatoms. The molecule has 0 fully saturated rings. The predicted molar refractivity (Wildman–Crippen MR) is 67.5 cm³/mol. The van der Waals surface area contributed by atoms with Crippen molar-refractivity contribution >= 4 is 11.6 Å². The molecule has 2 N–H and O–H groups in total. The molecule has 0 bridgehead atoms. The molecule has 0 aliphatic carbocycles. The molecule has 4 nitrogen and oxygen atoms in total. The van der Waals surface area contributed by atoms with E-state index in [4.69, 9.17) is 5.26 Å². The van der Waals surface area contributed by atoms with E-state index in [2.05, 4.69) is 10.6 Å². The summed E-state index contributed by atoms with van der Waals surface area (Å²) in [7, 11) is 0. The average molecular weight is 249 g/mol. The van der Waals surface area contributed by atoms with Crippen molar-refractivity contribution in [3.8, 4) is 6.07 Å². The van der Waals surface area contributed by atoms with Crippen LogP contribution in [-0.2, 0) is 4.79 Å². The Hall–Kier alpha value is -1.93. The molecular weight excluding hydrogens is 233 g/mol. The van der Waals surface area contributed by atoms with E-state index >= 15 is 0 Å².